The van der Waals surface area contributed by atoms with E-state index < -0.39 is 10.0 Å². The molecule has 0 aliphatic carbocycles. The molecule has 1 aromatic rings. The molecule has 0 amide bonds. The maximum absolute atomic E-state index is 12.1. The van der Waals surface area contributed by atoms with Crippen LogP contribution < -0.4 is 4.72 Å². The van der Waals surface area contributed by atoms with Gasteiger partial charge < -0.3 is 0 Å². The summed E-state index contributed by atoms with van der Waals surface area (Å²) in [6, 6.07) is 9.04. The van der Waals surface area contributed by atoms with Gasteiger partial charge in [0, 0.05) is 5.69 Å². The van der Waals surface area contributed by atoms with E-state index in [2.05, 4.69) is 11.6 Å². The van der Waals surface area contributed by atoms with Crippen molar-refractivity contribution in [2.24, 2.45) is 0 Å². The SMILES string of the molecule is CCCCCC[C@H](C)S(=O)(=O)Nc1ccccc1. The van der Waals surface area contributed by atoms with Crippen LogP contribution in [0.25, 0.3) is 0 Å². The lowest BCUT2D eigenvalue weighted by atomic mass is 10.1. The van der Waals surface area contributed by atoms with Gasteiger partial charge in [-0.1, -0.05) is 50.8 Å². The minimum absolute atomic E-state index is 0.338. The first-order valence-electron chi connectivity index (χ1n) is 6.63. The second-order valence-corrected chi connectivity index (χ2v) is 6.77. The van der Waals surface area contributed by atoms with Crippen LogP contribution in [0.2, 0.25) is 0 Å². The second kappa shape index (κ2) is 7.41. The van der Waals surface area contributed by atoms with Crippen LogP contribution in [0.1, 0.15) is 46.0 Å². The molecule has 0 aliphatic rings. The van der Waals surface area contributed by atoms with Gasteiger partial charge in [0.1, 0.15) is 0 Å². The number of para-hydroxylation sites is 1. The number of unbranched alkanes of at least 4 members (excludes halogenated alkanes) is 3. The van der Waals surface area contributed by atoms with Gasteiger partial charge in [0.2, 0.25) is 10.0 Å². The van der Waals surface area contributed by atoms with Crippen molar-refractivity contribution in [3.05, 3.63) is 30.3 Å². The molecule has 0 spiro atoms. The zero-order valence-corrected chi connectivity index (χ0v) is 12.0. The average molecular weight is 269 g/mol. The van der Waals surface area contributed by atoms with Gasteiger partial charge in [0.05, 0.1) is 5.25 Å². The van der Waals surface area contributed by atoms with E-state index >= 15 is 0 Å². The average Bonchev–Trinajstić information content (AvgIpc) is 2.35. The number of hydrogen-bond acceptors (Lipinski definition) is 2. The van der Waals surface area contributed by atoms with Crippen LogP contribution in [0.15, 0.2) is 30.3 Å². The Morgan fingerprint density at radius 2 is 1.78 bits per heavy atom. The van der Waals surface area contributed by atoms with Crippen molar-refractivity contribution in [3.63, 3.8) is 0 Å². The third-order valence-corrected chi connectivity index (χ3v) is 4.84. The number of benzene rings is 1. The minimum Gasteiger partial charge on any atom is -0.283 e. The molecular formula is C14H23NO2S. The van der Waals surface area contributed by atoms with Crippen molar-refractivity contribution < 1.29 is 8.42 Å². The molecule has 0 fully saturated rings. The van der Waals surface area contributed by atoms with Gasteiger partial charge in [0.15, 0.2) is 0 Å². The summed E-state index contributed by atoms with van der Waals surface area (Å²) < 4.78 is 26.7. The Kier molecular flexibility index (Phi) is 6.19. The molecule has 0 aliphatic heterocycles. The fourth-order valence-electron chi connectivity index (χ4n) is 1.78. The highest BCUT2D eigenvalue weighted by molar-refractivity contribution is 7.93. The maximum atomic E-state index is 12.1. The molecule has 18 heavy (non-hydrogen) atoms. The number of hydrogen-bond donors (Lipinski definition) is 1. The lowest BCUT2D eigenvalue weighted by Crippen LogP contribution is -2.25. The maximum Gasteiger partial charge on any atom is 0.235 e. The van der Waals surface area contributed by atoms with E-state index in [1.54, 1.807) is 19.1 Å². The molecule has 3 nitrogen and oxygen atoms in total. The van der Waals surface area contributed by atoms with Crippen molar-refractivity contribution in [1.29, 1.82) is 0 Å². The molecule has 1 rings (SSSR count). The monoisotopic (exact) mass is 269 g/mol. The summed E-state index contributed by atoms with van der Waals surface area (Å²) in [5.74, 6) is 0. The summed E-state index contributed by atoms with van der Waals surface area (Å²) >= 11 is 0. The van der Waals surface area contributed by atoms with E-state index in [4.69, 9.17) is 0 Å². The molecule has 1 N–H and O–H groups in total. The quantitative estimate of drug-likeness (QED) is 0.730. The van der Waals surface area contributed by atoms with Crippen molar-refractivity contribution in [1.82, 2.24) is 0 Å². The Bertz CT molecular complexity index is 428. The van der Waals surface area contributed by atoms with Crippen LogP contribution in [0.3, 0.4) is 0 Å². The van der Waals surface area contributed by atoms with Crippen molar-refractivity contribution in [3.8, 4) is 0 Å². The van der Waals surface area contributed by atoms with Gasteiger partial charge in [-0.15, -0.1) is 0 Å². The van der Waals surface area contributed by atoms with Crippen molar-refractivity contribution in [2.75, 3.05) is 4.72 Å². The fourth-order valence-corrected chi connectivity index (χ4v) is 2.93. The van der Waals surface area contributed by atoms with Crippen LogP contribution >= 0.6 is 0 Å². The zero-order valence-electron chi connectivity index (χ0n) is 11.2. The molecule has 0 heterocycles. The van der Waals surface area contributed by atoms with E-state index in [0.717, 1.165) is 19.3 Å². The van der Waals surface area contributed by atoms with Crippen LogP contribution in [-0.4, -0.2) is 13.7 Å². The molecule has 0 unspecified atom stereocenters. The Labute approximate surface area is 111 Å². The van der Waals surface area contributed by atoms with Gasteiger partial charge >= 0.3 is 0 Å². The molecule has 4 heteroatoms. The van der Waals surface area contributed by atoms with Crippen LogP contribution in [-0.2, 0) is 10.0 Å². The Hall–Kier alpha value is -1.03. The van der Waals surface area contributed by atoms with Crippen LogP contribution in [0.5, 0.6) is 0 Å². The van der Waals surface area contributed by atoms with E-state index in [1.165, 1.54) is 12.8 Å². The number of nitrogens with one attached hydrogen (secondary N) is 1. The molecule has 0 saturated carbocycles. The summed E-state index contributed by atoms with van der Waals surface area (Å²) in [5, 5.41) is -0.338. The van der Waals surface area contributed by atoms with Gasteiger partial charge in [-0.05, 0) is 25.5 Å². The van der Waals surface area contributed by atoms with E-state index in [-0.39, 0.29) is 5.25 Å². The lowest BCUT2D eigenvalue weighted by Gasteiger charge is -2.14. The Morgan fingerprint density at radius 3 is 2.39 bits per heavy atom. The third-order valence-electron chi connectivity index (χ3n) is 3.03. The van der Waals surface area contributed by atoms with Crippen LogP contribution in [0.4, 0.5) is 5.69 Å². The molecule has 1 aromatic carbocycles. The second-order valence-electron chi connectivity index (χ2n) is 4.67. The summed E-state index contributed by atoms with van der Waals surface area (Å²) in [7, 11) is -3.25. The van der Waals surface area contributed by atoms with Gasteiger partial charge in [-0.2, -0.15) is 0 Å². The standard InChI is InChI=1S/C14H23NO2S/c1-3-4-5-7-10-13(2)18(16,17)15-14-11-8-6-9-12-14/h6,8-9,11-13,15H,3-5,7,10H2,1-2H3/t13-/m0/s1. The molecule has 1 atom stereocenters. The third kappa shape index (κ3) is 5.08. The molecule has 0 saturated heterocycles. The lowest BCUT2D eigenvalue weighted by molar-refractivity contribution is 0.567. The van der Waals surface area contributed by atoms with E-state index in [0.29, 0.717) is 5.69 Å². The van der Waals surface area contributed by atoms with E-state index in [9.17, 15) is 8.42 Å². The molecular weight excluding hydrogens is 246 g/mol. The van der Waals surface area contributed by atoms with E-state index in [1.807, 2.05) is 18.2 Å². The predicted octanol–water partition coefficient (Wildman–Crippen LogP) is 3.79. The highest BCUT2D eigenvalue weighted by Gasteiger charge is 2.19. The van der Waals surface area contributed by atoms with Gasteiger partial charge in [0.25, 0.3) is 0 Å². The summed E-state index contributed by atoms with van der Waals surface area (Å²) in [6.45, 7) is 3.92. The smallest absolute Gasteiger partial charge is 0.235 e. The number of rotatable bonds is 8. The Morgan fingerprint density at radius 1 is 1.11 bits per heavy atom. The zero-order chi connectivity index (χ0) is 13.4. The van der Waals surface area contributed by atoms with Crippen molar-refractivity contribution in [2.45, 2.75) is 51.2 Å². The summed E-state index contributed by atoms with van der Waals surface area (Å²) in [4.78, 5) is 0. The molecule has 0 radical (unpaired) electrons. The first-order valence-corrected chi connectivity index (χ1v) is 8.17. The number of sulfonamides is 1. The summed E-state index contributed by atoms with van der Waals surface area (Å²) in [5.41, 5.74) is 0.637. The highest BCUT2D eigenvalue weighted by Crippen LogP contribution is 2.15. The topological polar surface area (TPSA) is 46.2 Å². The van der Waals surface area contributed by atoms with Crippen LogP contribution in [0, 0.1) is 0 Å². The van der Waals surface area contributed by atoms with Gasteiger partial charge in [-0.3, -0.25) is 4.72 Å². The minimum atomic E-state index is -3.25. The number of anilines is 1. The molecule has 0 aromatic heterocycles. The summed E-state index contributed by atoms with van der Waals surface area (Å²) in [6.07, 6.45) is 5.16. The fraction of sp³-hybridized carbons (Fsp3) is 0.571. The largest absolute Gasteiger partial charge is 0.283 e. The van der Waals surface area contributed by atoms with Gasteiger partial charge in [-0.25, -0.2) is 8.42 Å². The Balaban J connectivity index is 2.47. The first kappa shape index (κ1) is 15.0. The van der Waals surface area contributed by atoms with Crippen molar-refractivity contribution >= 4 is 15.7 Å². The molecule has 0 bridgehead atoms. The first-order chi connectivity index (χ1) is 8.56. The molecule has 102 valence electrons. The highest BCUT2D eigenvalue weighted by atomic mass is 32.2. The normalized spacial score (nSPS) is 13.2. The predicted molar refractivity (Wildman–Crippen MR) is 77.2 cm³/mol.